The van der Waals surface area contributed by atoms with Gasteiger partial charge in [0, 0.05) is 39.7 Å². The number of benzene rings is 9. The van der Waals surface area contributed by atoms with E-state index in [-0.39, 0.29) is 0 Å². The van der Waals surface area contributed by atoms with Gasteiger partial charge in [0.05, 0.1) is 7.11 Å². The summed E-state index contributed by atoms with van der Waals surface area (Å²) in [7, 11) is 1.69. The molecule has 0 N–H and O–H groups in total. The molecule has 0 radical (unpaired) electrons. The van der Waals surface area contributed by atoms with Crippen LogP contribution in [0.5, 0.6) is 5.75 Å². The molecule has 0 unspecified atom stereocenters. The Labute approximate surface area is 351 Å². The molecule has 0 fully saturated rings. The van der Waals surface area contributed by atoms with Crippen LogP contribution in [0.1, 0.15) is 32.6 Å². The van der Waals surface area contributed by atoms with Gasteiger partial charge < -0.3 is 14.5 Å². The van der Waals surface area contributed by atoms with Gasteiger partial charge in [0.1, 0.15) is 12.0 Å². The third-order valence-corrected chi connectivity index (χ3v) is 10.7. The SMILES string of the molecule is COc1ccc(N(c2ccccc2)c2ccc(/C=C/c3ccc4cc5cc(/C=C/c6ccc(N(c7ccccc7)c7ccc(C=O)cc7)cc6)ccc5cc4c3)cc2)cc1. The minimum atomic E-state index is 0.656. The fourth-order valence-electron chi connectivity index (χ4n) is 7.58. The molecule has 9 rings (SSSR count). The molecule has 9 aromatic rings. The maximum Gasteiger partial charge on any atom is 0.150 e. The zero-order valence-electron chi connectivity index (χ0n) is 33.2. The van der Waals surface area contributed by atoms with Crippen LogP contribution in [0, 0.1) is 0 Å². The highest BCUT2D eigenvalue weighted by atomic mass is 16.5. The minimum absolute atomic E-state index is 0.656. The highest BCUT2D eigenvalue weighted by Gasteiger charge is 2.14. The van der Waals surface area contributed by atoms with Gasteiger partial charge in [-0.1, -0.05) is 109 Å². The molecule has 0 amide bonds. The van der Waals surface area contributed by atoms with Crippen LogP contribution in [0.25, 0.3) is 45.8 Å². The smallest absolute Gasteiger partial charge is 0.150 e. The number of carbonyl (C=O) groups excluding carboxylic acids is 1. The summed E-state index contributed by atoms with van der Waals surface area (Å²) in [6.45, 7) is 0. The van der Waals surface area contributed by atoms with Crippen LogP contribution in [0.4, 0.5) is 34.1 Å². The lowest BCUT2D eigenvalue weighted by atomic mass is 9.99. The number of aldehydes is 1. The standard InChI is InChI=1S/C56H42N2O2/c1-60-56-34-32-55(33-35-56)58(51-10-6-3-7-11-51)53-28-20-42(21-29-53)13-15-44-17-25-47-38-48-36-43(16-24-46(48)39-49(47)37-44)14-12-41-18-26-52(27-19-41)57(50-8-4-2-5-9-50)54-30-22-45(40-59)23-31-54/h2-40H,1H3/b14-12+,15-13+. The van der Waals surface area contributed by atoms with Crippen molar-refractivity contribution >= 4 is 86.3 Å². The van der Waals surface area contributed by atoms with Crippen LogP contribution >= 0.6 is 0 Å². The first-order valence-electron chi connectivity index (χ1n) is 20.0. The molecule has 0 aromatic heterocycles. The van der Waals surface area contributed by atoms with Crippen molar-refractivity contribution in [2.75, 3.05) is 16.9 Å². The van der Waals surface area contributed by atoms with Crippen molar-refractivity contribution < 1.29 is 9.53 Å². The summed E-state index contributed by atoms with van der Waals surface area (Å²) in [5.74, 6) is 0.834. The molecule has 60 heavy (non-hydrogen) atoms. The average Bonchev–Trinajstić information content (AvgIpc) is 3.31. The Hall–Kier alpha value is -7.95. The number of hydrogen-bond donors (Lipinski definition) is 0. The molecule has 0 saturated carbocycles. The Morgan fingerprint density at radius 1 is 0.333 bits per heavy atom. The lowest BCUT2D eigenvalue weighted by Crippen LogP contribution is -2.09. The van der Waals surface area contributed by atoms with E-state index in [0.29, 0.717) is 5.56 Å². The molecule has 288 valence electrons. The van der Waals surface area contributed by atoms with Crippen LogP contribution in [-0.2, 0) is 0 Å². The molecule has 0 bridgehead atoms. The Kier molecular flexibility index (Phi) is 10.8. The number of anilines is 6. The number of para-hydroxylation sites is 2. The molecule has 0 spiro atoms. The van der Waals surface area contributed by atoms with Crippen molar-refractivity contribution in [3.63, 3.8) is 0 Å². The predicted molar refractivity (Wildman–Crippen MR) is 253 cm³/mol. The Bertz CT molecular complexity index is 2940. The zero-order valence-corrected chi connectivity index (χ0v) is 33.2. The van der Waals surface area contributed by atoms with E-state index in [4.69, 9.17) is 4.74 Å². The Morgan fingerprint density at radius 2 is 0.667 bits per heavy atom. The molecule has 9 aromatic carbocycles. The van der Waals surface area contributed by atoms with E-state index < -0.39 is 0 Å². The van der Waals surface area contributed by atoms with Crippen molar-refractivity contribution in [1.29, 1.82) is 0 Å². The molecule has 0 aliphatic carbocycles. The van der Waals surface area contributed by atoms with Crippen molar-refractivity contribution in [3.05, 3.63) is 234 Å². The van der Waals surface area contributed by atoms with Gasteiger partial charge in [-0.2, -0.15) is 0 Å². The summed E-state index contributed by atoms with van der Waals surface area (Å²) in [6, 6.07) is 71.6. The van der Waals surface area contributed by atoms with Gasteiger partial charge in [0.2, 0.25) is 0 Å². The maximum absolute atomic E-state index is 11.3. The topological polar surface area (TPSA) is 32.8 Å². The molecule has 0 saturated heterocycles. The first-order valence-corrected chi connectivity index (χ1v) is 20.0. The number of ether oxygens (including phenoxy) is 1. The third-order valence-electron chi connectivity index (χ3n) is 10.7. The van der Waals surface area contributed by atoms with Crippen LogP contribution in [-0.4, -0.2) is 13.4 Å². The normalized spacial score (nSPS) is 11.3. The second-order valence-electron chi connectivity index (χ2n) is 14.7. The second kappa shape index (κ2) is 17.3. The summed E-state index contributed by atoms with van der Waals surface area (Å²) < 4.78 is 5.40. The summed E-state index contributed by atoms with van der Waals surface area (Å²) >= 11 is 0. The lowest BCUT2D eigenvalue weighted by molar-refractivity contribution is 0.112. The van der Waals surface area contributed by atoms with E-state index in [9.17, 15) is 4.79 Å². The molecular formula is C56H42N2O2. The lowest BCUT2D eigenvalue weighted by Gasteiger charge is -2.25. The quantitative estimate of drug-likeness (QED) is 0.0703. The number of carbonyl (C=O) groups is 1. The van der Waals surface area contributed by atoms with E-state index in [1.54, 1.807) is 7.11 Å². The van der Waals surface area contributed by atoms with Crippen molar-refractivity contribution in [2.24, 2.45) is 0 Å². The number of nitrogens with zero attached hydrogens (tertiary/aromatic N) is 2. The monoisotopic (exact) mass is 774 g/mol. The predicted octanol–water partition coefficient (Wildman–Crippen LogP) is 15.1. The number of methoxy groups -OCH3 is 1. The van der Waals surface area contributed by atoms with E-state index in [2.05, 4.69) is 180 Å². The maximum atomic E-state index is 11.3. The molecule has 0 aliphatic heterocycles. The van der Waals surface area contributed by atoms with Crippen LogP contribution in [0.15, 0.2) is 206 Å². The molecule has 0 atom stereocenters. The van der Waals surface area contributed by atoms with Crippen LogP contribution in [0.3, 0.4) is 0 Å². The highest BCUT2D eigenvalue weighted by Crippen LogP contribution is 2.37. The van der Waals surface area contributed by atoms with E-state index >= 15 is 0 Å². The summed E-state index contributed by atoms with van der Waals surface area (Å²) in [5.41, 5.74) is 11.5. The van der Waals surface area contributed by atoms with E-state index in [0.717, 1.165) is 68.4 Å². The fourth-order valence-corrected chi connectivity index (χ4v) is 7.58. The van der Waals surface area contributed by atoms with Gasteiger partial charge in [-0.05, 0) is 165 Å². The first-order chi connectivity index (χ1) is 29.6. The minimum Gasteiger partial charge on any atom is -0.497 e. The van der Waals surface area contributed by atoms with Gasteiger partial charge in [0.25, 0.3) is 0 Å². The fraction of sp³-hybridized carbons (Fsp3) is 0.0179. The number of hydrogen-bond acceptors (Lipinski definition) is 4. The molecule has 4 heteroatoms. The van der Waals surface area contributed by atoms with Crippen molar-refractivity contribution in [1.82, 2.24) is 0 Å². The number of rotatable bonds is 12. The van der Waals surface area contributed by atoms with Gasteiger partial charge >= 0.3 is 0 Å². The second-order valence-corrected chi connectivity index (χ2v) is 14.7. The molecule has 0 aliphatic rings. The highest BCUT2D eigenvalue weighted by molar-refractivity contribution is 6.00. The van der Waals surface area contributed by atoms with Gasteiger partial charge in [-0.25, -0.2) is 0 Å². The van der Waals surface area contributed by atoms with E-state index in [1.807, 2.05) is 60.7 Å². The zero-order chi connectivity index (χ0) is 40.7. The first kappa shape index (κ1) is 37.6. The molecule has 0 heterocycles. The van der Waals surface area contributed by atoms with Gasteiger partial charge in [-0.15, -0.1) is 0 Å². The average molecular weight is 775 g/mol. The van der Waals surface area contributed by atoms with Gasteiger partial charge in [-0.3, -0.25) is 4.79 Å². The summed E-state index contributed by atoms with van der Waals surface area (Å²) in [4.78, 5) is 15.7. The summed E-state index contributed by atoms with van der Waals surface area (Å²) in [5, 5.41) is 4.85. The van der Waals surface area contributed by atoms with Crippen LogP contribution in [0.2, 0.25) is 0 Å². The molecular weight excluding hydrogens is 733 g/mol. The molecule has 4 nitrogen and oxygen atoms in total. The number of fused-ring (bicyclic) bond motifs is 2. The summed E-state index contributed by atoms with van der Waals surface area (Å²) in [6.07, 6.45) is 9.56. The van der Waals surface area contributed by atoms with E-state index in [1.165, 1.54) is 21.5 Å². The Balaban J connectivity index is 0.898. The third kappa shape index (κ3) is 8.36. The van der Waals surface area contributed by atoms with Crippen LogP contribution < -0.4 is 14.5 Å². The van der Waals surface area contributed by atoms with Crippen molar-refractivity contribution in [3.8, 4) is 5.75 Å². The van der Waals surface area contributed by atoms with Crippen molar-refractivity contribution in [2.45, 2.75) is 0 Å². The largest absolute Gasteiger partial charge is 0.497 e. The Morgan fingerprint density at radius 3 is 1.05 bits per heavy atom. The van der Waals surface area contributed by atoms with Gasteiger partial charge in [0.15, 0.2) is 0 Å².